The second-order valence-corrected chi connectivity index (χ2v) is 5.30. The number of sulfone groups is 1. The zero-order valence-corrected chi connectivity index (χ0v) is 9.12. The van der Waals surface area contributed by atoms with Crippen LogP contribution in [-0.4, -0.2) is 37.8 Å². The van der Waals surface area contributed by atoms with Crippen LogP contribution >= 0.6 is 0 Å². The van der Waals surface area contributed by atoms with Crippen molar-refractivity contribution < 1.29 is 18.3 Å². The molecule has 1 heterocycles. The van der Waals surface area contributed by atoms with Crippen molar-refractivity contribution in [3.05, 3.63) is 23.1 Å². The monoisotopic (exact) mass is 231 g/mol. The first-order valence-corrected chi connectivity index (χ1v) is 6.16. The van der Waals surface area contributed by atoms with Gasteiger partial charge >= 0.3 is 5.97 Å². The molecule has 2 N–H and O–H groups in total. The highest BCUT2D eigenvalue weighted by Gasteiger charge is 2.20. The Kier molecular flexibility index (Phi) is 3.65. The number of rotatable bonds is 4. The number of aliphatic carboxylic acids is 1. The average molecular weight is 231 g/mol. The average Bonchev–Trinajstić information content (AvgIpc) is 2.45. The molecule has 15 heavy (non-hydrogen) atoms. The fourth-order valence-electron chi connectivity index (χ4n) is 1.15. The van der Waals surface area contributed by atoms with Crippen LogP contribution in [0.3, 0.4) is 0 Å². The second kappa shape index (κ2) is 4.59. The van der Waals surface area contributed by atoms with E-state index in [1.807, 2.05) is 0 Å². The number of hydrogen-bond donors (Lipinski definition) is 2. The van der Waals surface area contributed by atoms with E-state index in [1.165, 1.54) is 18.4 Å². The Morgan fingerprint density at radius 1 is 1.67 bits per heavy atom. The summed E-state index contributed by atoms with van der Waals surface area (Å²) in [6, 6.07) is -0.215. The summed E-state index contributed by atoms with van der Waals surface area (Å²) >= 11 is 0. The third kappa shape index (κ3) is 3.85. The molecular formula is C9H13NO4S. The molecule has 1 aliphatic rings. The molecular weight excluding hydrogens is 218 g/mol. The molecule has 0 radical (unpaired) electrons. The van der Waals surface area contributed by atoms with Gasteiger partial charge in [0.05, 0.1) is 5.75 Å². The van der Waals surface area contributed by atoms with Crippen molar-refractivity contribution in [2.24, 2.45) is 0 Å². The molecule has 0 amide bonds. The lowest BCUT2D eigenvalue weighted by atomic mass is 10.2. The highest BCUT2D eigenvalue weighted by molar-refractivity contribution is 7.94. The van der Waals surface area contributed by atoms with Crippen LogP contribution in [0, 0.1) is 0 Å². The molecule has 1 atom stereocenters. The molecule has 0 aromatic heterocycles. The zero-order valence-electron chi connectivity index (χ0n) is 8.30. The normalized spacial score (nSPS) is 24.3. The first-order valence-electron chi connectivity index (χ1n) is 4.45. The minimum absolute atomic E-state index is 0.0486. The maximum Gasteiger partial charge on any atom is 0.330 e. The Morgan fingerprint density at radius 3 is 2.80 bits per heavy atom. The Balaban J connectivity index is 2.38. The van der Waals surface area contributed by atoms with E-state index in [4.69, 9.17) is 5.11 Å². The topological polar surface area (TPSA) is 83.5 Å². The van der Waals surface area contributed by atoms with Gasteiger partial charge in [0.25, 0.3) is 0 Å². The molecule has 1 aliphatic heterocycles. The molecule has 0 spiro atoms. The summed E-state index contributed by atoms with van der Waals surface area (Å²) in [5, 5.41) is 12.6. The van der Waals surface area contributed by atoms with Crippen LogP contribution in [-0.2, 0) is 14.6 Å². The molecule has 0 aromatic carbocycles. The quantitative estimate of drug-likeness (QED) is 0.661. The maximum absolute atomic E-state index is 11.0. The summed E-state index contributed by atoms with van der Waals surface area (Å²) in [6.07, 6.45) is 3.08. The van der Waals surface area contributed by atoms with Gasteiger partial charge in [-0.3, -0.25) is 0 Å². The zero-order chi connectivity index (χ0) is 11.5. The number of hydrogen-bond acceptors (Lipinski definition) is 4. The van der Waals surface area contributed by atoms with Gasteiger partial charge in [0.15, 0.2) is 9.84 Å². The van der Waals surface area contributed by atoms with Crippen molar-refractivity contribution in [1.29, 1.82) is 0 Å². The summed E-state index contributed by atoms with van der Waals surface area (Å²) < 4.78 is 22.0. The van der Waals surface area contributed by atoms with Crippen molar-refractivity contribution in [2.75, 3.05) is 12.3 Å². The Bertz CT molecular complexity index is 408. The summed E-state index contributed by atoms with van der Waals surface area (Å²) in [4.78, 5) is 10.4. The third-order valence-electron chi connectivity index (χ3n) is 2.06. The Labute approximate surface area is 88.4 Å². The predicted octanol–water partition coefficient (Wildman–Crippen LogP) is -0.0824. The van der Waals surface area contributed by atoms with E-state index in [9.17, 15) is 13.2 Å². The molecule has 0 saturated carbocycles. The van der Waals surface area contributed by atoms with E-state index in [2.05, 4.69) is 5.32 Å². The maximum atomic E-state index is 11.0. The van der Waals surface area contributed by atoms with Crippen LogP contribution in [0.1, 0.15) is 6.92 Å². The van der Waals surface area contributed by atoms with E-state index in [1.54, 1.807) is 6.08 Å². The highest BCUT2D eigenvalue weighted by Crippen LogP contribution is 2.07. The van der Waals surface area contributed by atoms with Crippen LogP contribution in [0.25, 0.3) is 0 Å². The lowest BCUT2D eigenvalue weighted by Crippen LogP contribution is -2.30. The fourth-order valence-corrected chi connectivity index (χ4v) is 2.42. The minimum atomic E-state index is -3.04. The van der Waals surface area contributed by atoms with Gasteiger partial charge in [0.1, 0.15) is 0 Å². The van der Waals surface area contributed by atoms with Gasteiger partial charge in [-0.25, -0.2) is 13.2 Å². The summed E-state index contributed by atoms with van der Waals surface area (Å²) in [7, 11) is -3.04. The molecule has 0 aliphatic carbocycles. The minimum Gasteiger partial charge on any atom is -0.478 e. The Morgan fingerprint density at radius 2 is 2.33 bits per heavy atom. The molecule has 1 rings (SSSR count). The van der Waals surface area contributed by atoms with Gasteiger partial charge in [-0.2, -0.15) is 0 Å². The lowest BCUT2D eigenvalue weighted by Gasteiger charge is -2.06. The SMILES string of the molecule is C/C(=C/CNC1C=CS(=O)(=O)C1)C(=O)O. The van der Waals surface area contributed by atoms with Gasteiger partial charge in [0.2, 0.25) is 0 Å². The van der Waals surface area contributed by atoms with Crippen LogP contribution in [0.4, 0.5) is 0 Å². The molecule has 0 fully saturated rings. The largest absolute Gasteiger partial charge is 0.478 e. The van der Waals surface area contributed by atoms with Crippen LogP contribution in [0.5, 0.6) is 0 Å². The molecule has 6 heteroatoms. The van der Waals surface area contributed by atoms with E-state index >= 15 is 0 Å². The van der Waals surface area contributed by atoms with E-state index < -0.39 is 15.8 Å². The summed E-state index contributed by atoms with van der Waals surface area (Å²) in [5.41, 5.74) is 0.243. The molecule has 5 nitrogen and oxygen atoms in total. The van der Waals surface area contributed by atoms with Crippen molar-refractivity contribution in [3.8, 4) is 0 Å². The van der Waals surface area contributed by atoms with E-state index in [0.29, 0.717) is 6.54 Å². The molecule has 0 bridgehead atoms. The first kappa shape index (κ1) is 11.9. The van der Waals surface area contributed by atoms with Crippen LogP contribution in [0.2, 0.25) is 0 Å². The van der Waals surface area contributed by atoms with Crippen molar-refractivity contribution in [2.45, 2.75) is 13.0 Å². The van der Waals surface area contributed by atoms with Gasteiger partial charge in [0, 0.05) is 23.6 Å². The smallest absolute Gasteiger partial charge is 0.330 e. The highest BCUT2D eigenvalue weighted by atomic mass is 32.2. The number of nitrogens with one attached hydrogen (secondary N) is 1. The van der Waals surface area contributed by atoms with Crippen molar-refractivity contribution in [3.63, 3.8) is 0 Å². The number of carbonyl (C=O) groups is 1. The van der Waals surface area contributed by atoms with E-state index in [0.717, 1.165) is 0 Å². The summed E-state index contributed by atoms with van der Waals surface area (Å²) in [5.74, 6) is -0.918. The lowest BCUT2D eigenvalue weighted by molar-refractivity contribution is -0.132. The fraction of sp³-hybridized carbons (Fsp3) is 0.444. The Hall–Kier alpha value is -1.14. The van der Waals surface area contributed by atoms with Crippen LogP contribution in [0.15, 0.2) is 23.1 Å². The standard InChI is InChI=1S/C9H13NO4S/c1-7(9(11)12)2-4-10-8-3-5-15(13,14)6-8/h2-3,5,8,10H,4,6H2,1H3,(H,11,12)/b7-2-. The number of carboxylic acids is 1. The molecule has 0 saturated heterocycles. The van der Waals surface area contributed by atoms with E-state index in [-0.39, 0.29) is 17.4 Å². The number of carboxylic acid groups (broad SMARTS) is 1. The third-order valence-corrected chi connectivity index (χ3v) is 3.45. The summed E-state index contributed by atoms with van der Waals surface area (Å²) in [6.45, 7) is 1.84. The van der Waals surface area contributed by atoms with Crippen molar-refractivity contribution >= 4 is 15.8 Å². The van der Waals surface area contributed by atoms with Gasteiger partial charge in [-0.1, -0.05) is 12.2 Å². The van der Waals surface area contributed by atoms with Gasteiger partial charge in [-0.15, -0.1) is 0 Å². The van der Waals surface area contributed by atoms with Gasteiger partial charge in [-0.05, 0) is 6.92 Å². The second-order valence-electron chi connectivity index (χ2n) is 3.37. The van der Waals surface area contributed by atoms with Crippen molar-refractivity contribution in [1.82, 2.24) is 5.32 Å². The molecule has 84 valence electrons. The molecule has 1 unspecified atom stereocenters. The predicted molar refractivity (Wildman–Crippen MR) is 56.1 cm³/mol. The van der Waals surface area contributed by atoms with Crippen LogP contribution < -0.4 is 5.32 Å². The van der Waals surface area contributed by atoms with Gasteiger partial charge < -0.3 is 10.4 Å². The first-order chi connectivity index (χ1) is 6.91. The molecule has 0 aromatic rings.